The van der Waals surface area contributed by atoms with E-state index in [0.717, 1.165) is 22.6 Å². The molecule has 0 atom stereocenters. The van der Waals surface area contributed by atoms with Crippen molar-refractivity contribution in [3.05, 3.63) is 43.8 Å². The van der Waals surface area contributed by atoms with Gasteiger partial charge in [-0.1, -0.05) is 52.4 Å². The van der Waals surface area contributed by atoms with Crippen LogP contribution < -0.4 is 0 Å². The Morgan fingerprint density at radius 3 is 1.52 bits per heavy atom. The maximum Gasteiger partial charge on any atom is 0.180 e. The van der Waals surface area contributed by atoms with E-state index in [0.29, 0.717) is 0 Å². The standard InChI is InChI=1S/C23H32O2S2/c1-3-5-7-9-11-18-13-15-22(26-18)20(24)17-21(25)23-16-14-19(27-23)12-10-8-6-4-2/h13-16H,3-12,17H2,1-2H3. The van der Waals surface area contributed by atoms with Gasteiger partial charge in [0.2, 0.25) is 0 Å². The molecule has 0 unspecified atom stereocenters. The molecule has 0 N–H and O–H groups in total. The quantitative estimate of drug-likeness (QED) is 0.185. The SMILES string of the molecule is CCCCCCc1ccc(C(=O)CC(=O)c2ccc(CCCCCC)s2)s1. The molecule has 0 amide bonds. The normalized spacial score (nSPS) is 11.0. The molecule has 27 heavy (non-hydrogen) atoms. The summed E-state index contributed by atoms with van der Waals surface area (Å²) < 4.78 is 0. The Labute approximate surface area is 172 Å². The van der Waals surface area contributed by atoms with Crippen LogP contribution in [0.15, 0.2) is 24.3 Å². The van der Waals surface area contributed by atoms with Crippen LogP contribution in [0.3, 0.4) is 0 Å². The predicted molar refractivity (Wildman–Crippen MR) is 118 cm³/mol. The third kappa shape index (κ3) is 7.71. The number of carbonyl (C=O) groups is 2. The highest BCUT2D eigenvalue weighted by Gasteiger charge is 2.17. The monoisotopic (exact) mass is 404 g/mol. The van der Waals surface area contributed by atoms with Crippen LogP contribution in [0.5, 0.6) is 0 Å². The zero-order valence-electron chi connectivity index (χ0n) is 16.7. The molecule has 0 aliphatic heterocycles. The minimum atomic E-state index is -0.0392. The van der Waals surface area contributed by atoms with Crippen molar-refractivity contribution in [2.45, 2.75) is 84.5 Å². The number of carbonyl (C=O) groups excluding carboxylic acids is 2. The van der Waals surface area contributed by atoms with Gasteiger partial charge in [0.05, 0.1) is 16.2 Å². The van der Waals surface area contributed by atoms with Gasteiger partial charge >= 0.3 is 0 Å². The summed E-state index contributed by atoms with van der Waals surface area (Å²) in [5, 5.41) is 0. The van der Waals surface area contributed by atoms with Crippen LogP contribution in [0, 0.1) is 0 Å². The van der Waals surface area contributed by atoms with Gasteiger partial charge in [0.25, 0.3) is 0 Å². The van der Waals surface area contributed by atoms with Crippen molar-refractivity contribution in [1.82, 2.24) is 0 Å². The number of aryl methyl sites for hydroxylation is 2. The lowest BCUT2D eigenvalue weighted by atomic mass is 10.1. The molecule has 0 spiro atoms. The lowest BCUT2D eigenvalue weighted by molar-refractivity contribution is 0.0899. The number of ketones is 2. The molecule has 2 rings (SSSR count). The van der Waals surface area contributed by atoms with Gasteiger partial charge in [0.15, 0.2) is 11.6 Å². The van der Waals surface area contributed by atoms with Gasteiger partial charge in [-0.3, -0.25) is 9.59 Å². The van der Waals surface area contributed by atoms with Crippen LogP contribution >= 0.6 is 22.7 Å². The fourth-order valence-corrected chi connectivity index (χ4v) is 5.07. The minimum absolute atomic E-state index is 0.00836. The van der Waals surface area contributed by atoms with Gasteiger partial charge < -0.3 is 0 Å². The van der Waals surface area contributed by atoms with Gasteiger partial charge in [-0.25, -0.2) is 0 Å². The first-order chi connectivity index (χ1) is 13.1. The second-order valence-electron chi connectivity index (χ2n) is 7.18. The van der Waals surface area contributed by atoms with Crippen LogP contribution in [-0.4, -0.2) is 11.6 Å². The Morgan fingerprint density at radius 2 is 1.11 bits per heavy atom. The highest BCUT2D eigenvalue weighted by molar-refractivity contribution is 7.14. The van der Waals surface area contributed by atoms with Crippen LogP contribution in [0.4, 0.5) is 0 Å². The molecule has 2 aromatic rings. The summed E-state index contributed by atoms with van der Waals surface area (Å²) >= 11 is 3.12. The summed E-state index contributed by atoms with van der Waals surface area (Å²) in [7, 11) is 0. The highest BCUT2D eigenvalue weighted by Crippen LogP contribution is 2.24. The molecular weight excluding hydrogens is 372 g/mol. The third-order valence-corrected chi connectivity index (χ3v) is 7.12. The van der Waals surface area contributed by atoms with E-state index in [1.807, 2.05) is 24.3 Å². The first kappa shape index (κ1) is 22.0. The van der Waals surface area contributed by atoms with Crippen LogP contribution in [-0.2, 0) is 12.8 Å². The maximum absolute atomic E-state index is 12.5. The molecule has 2 aromatic heterocycles. The molecule has 2 nitrogen and oxygen atoms in total. The molecule has 4 heteroatoms. The number of hydrogen-bond acceptors (Lipinski definition) is 4. The zero-order valence-corrected chi connectivity index (χ0v) is 18.4. The van der Waals surface area contributed by atoms with E-state index >= 15 is 0 Å². The first-order valence-corrected chi connectivity index (χ1v) is 12.0. The lowest BCUT2D eigenvalue weighted by Gasteiger charge is -1.98. The van der Waals surface area contributed by atoms with Crippen molar-refractivity contribution in [3.63, 3.8) is 0 Å². The Hall–Kier alpha value is -1.26. The van der Waals surface area contributed by atoms with Crippen molar-refractivity contribution < 1.29 is 9.59 Å². The molecule has 0 aliphatic carbocycles. The largest absolute Gasteiger partial charge is 0.293 e. The minimum Gasteiger partial charge on any atom is -0.293 e. The summed E-state index contributed by atoms with van der Waals surface area (Å²) in [6.45, 7) is 4.42. The van der Waals surface area contributed by atoms with Crippen molar-refractivity contribution >= 4 is 34.2 Å². The van der Waals surface area contributed by atoms with Gasteiger partial charge in [0.1, 0.15) is 0 Å². The van der Waals surface area contributed by atoms with E-state index < -0.39 is 0 Å². The molecule has 0 aromatic carbocycles. The van der Waals surface area contributed by atoms with Crippen molar-refractivity contribution in [1.29, 1.82) is 0 Å². The average Bonchev–Trinajstić information content (AvgIpc) is 3.32. The van der Waals surface area contributed by atoms with Gasteiger partial charge in [0, 0.05) is 9.75 Å². The topological polar surface area (TPSA) is 34.1 Å². The van der Waals surface area contributed by atoms with Crippen LogP contribution in [0.2, 0.25) is 0 Å². The molecule has 0 bridgehead atoms. The average molecular weight is 405 g/mol. The van der Waals surface area contributed by atoms with Crippen molar-refractivity contribution in [2.24, 2.45) is 0 Å². The molecule has 148 valence electrons. The van der Waals surface area contributed by atoms with Crippen LogP contribution in [0.25, 0.3) is 0 Å². The second-order valence-corrected chi connectivity index (χ2v) is 9.51. The Kier molecular flexibility index (Phi) is 10.00. The summed E-state index contributed by atoms with van der Waals surface area (Å²) in [6.07, 6.45) is 11.9. The second kappa shape index (κ2) is 12.2. The lowest BCUT2D eigenvalue weighted by Crippen LogP contribution is -2.05. The van der Waals surface area contributed by atoms with E-state index in [-0.39, 0.29) is 18.0 Å². The first-order valence-electron chi connectivity index (χ1n) is 10.4. The molecule has 0 fully saturated rings. The van der Waals surface area contributed by atoms with Gasteiger partial charge in [-0.15, -0.1) is 22.7 Å². The fourth-order valence-electron chi connectivity index (χ4n) is 3.10. The fraction of sp³-hybridized carbons (Fsp3) is 0.565. The Balaban J connectivity index is 1.80. The maximum atomic E-state index is 12.5. The highest BCUT2D eigenvalue weighted by atomic mass is 32.1. The van der Waals surface area contributed by atoms with Crippen molar-refractivity contribution in [2.75, 3.05) is 0 Å². The van der Waals surface area contributed by atoms with Crippen molar-refractivity contribution in [3.8, 4) is 0 Å². The van der Waals surface area contributed by atoms with E-state index in [2.05, 4.69) is 13.8 Å². The third-order valence-electron chi connectivity index (χ3n) is 4.75. The Morgan fingerprint density at radius 1 is 0.667 bits per heavy atom. The van der Waals surface area contributed by atoms with E-state index in [4.69, 9.17) is 0 Å². The van der Waals surface area contributed by atoms with Gasteiger partial charge in [-0.05, 0) is 49.9 Å². The summed E-state index contributed by atoms with van der Waals surface area (Å²) in [5.74, 6) is -0.0783. The van der Waals surface area contributed by atoms with E-state index in [9.17, 15) is 9.59 Å². The summed E-state index contributed by atoms with van der Waals surface area (Å²) in [4.78, 5) is 28.9. The number of thiophene rings is 2. The van der Waals surface area contributed by atoms with E-state index in [1.165, 1.54) is 61.1 Å². The zero-order chi connectivity index (χ0) is 19.5. The molecule has 0 saturated heterocycles. The van der Waals surface area contributed by atoms with Gasteiger partial charge in [-0.2, -0.15) is 0 Å². The van der Waals surface area contributed by atoms with E-state index in [1.54, 1.807) is 22.7 Å². The molecule has 0 radical (unpaired) electrons. The number of unbranched alkanes of at least 4 members (excludes halogenated alkanes) is 6. The predicted octanol–water partition coefficient (Wildman–Crippen LogP) is 7.51. The van der Waals surface area contributed by atoms with Crippen LogP contribution in [0.1, 0.15) is 101 Å². The summed E-state index contributed by atoms with van der Waals surface area (Å²) in [5.41, 5.74) is 0. The Bertz CT molecular complexity index is 651. The smallest absolute Gasteiger partial charge is 0.180 e. The molecule has 0 aliphatic rings. The molecule has 0 saturated carbocycles. The number of Topliss-reactive ketones (excluding diaryl/α,β-unsaturated/α-hetero) is 2. The molecule has 2 heterocycles. The molecular formula is C23H32O2S2. The number of hydrogen-bond donors (Lipinski definition) is 0. The number of rotatable bonds is 14. The summed E-state index contributed by atoms with van der Waals surface area (Å²) in [6, 6.07) is 7.88.